The maximum Gasteiger partial charge on any atom is 0.307 e. The van der Waals surface area contributed by atoms with E-state index < -0.39 is 4.75 Å². The van der Waals surface area contributed by atoms with E-state index >= 15 is 0 Å². The number of allylic oxidation sites excluding steroid dienone is 1. The molecule has 0 radical (unpaired) electrons. The summed E-state index contributed by atoms with van der Waals surface area (Å²) in [4.78, 5) is 34.4. The Hall–Kier alpha value is -1.47. The van der Waals surface area contributed by atoms with Gasteiger partial charge in [-0.25, -0.2) is 0 Å². The van der Waals surface area contributed by atoms with Gasteiger partial charge in [-0.05, 0) is 33.1 Å². The molecule has 216 valence electrons. The fourth-order valence-corrected chi connectivity index (χ4v) is 6.97. The van der Waals surface area contributed by atoms with Crippen LogP contribution < -0.4 is 0 Å². The third-order valence-corrected chi connectivity index (χ3v) is 9.52. The normalized spacial score (nSPS) is 22.8. The largest absolute Gasteiger partial charge is 0.510 e. The van der Waals surface area contributed by atoms with Gasteiger partial charge in [-0.2, -0.15) is 0 Å². The van der Waals surface area contributed by atoms with E-state index in [0.29, 0.717) is 17.8 Å². The number of carbonyl (C=O) groups excluding carboxylic acids is 3. The van der Waals surface area contributed by atoms with Crippen LogP contribution in [0.25, 0.3) is 0 Å². The highest BCUT2D eigenvalue weighted by Gasteiger charge is 2.42. The number of hydrogen-bond acceptors (Lipinski definition) is 7. The number of unbranched alkanes of at least 4 members (excludes halogenated alkanes) is 10. The topological polar surface area (TPSA) is 80.7 Å². The van der Waals surface area contributed by atoms with Gasteiger partial charge < -0.3 is 9.84 Å². The van der Waals surface area contributed by atoms with Gasteiger partial charge in [0, 0.05) is 18.6 Å². The molecule has 1 N–H and O–H groups in total. The summed E-state index contributed by atoms with van der Waals surface area (Å²) in [7, 11) is 0. The smallest absolute Gasteiger partial charge is 0.307 e. The average Bonchev–Trinajstić information content (AvgIpc) is 3.24. The molecule has 0 aromatic heterocycles. The molecular formula is C31H50O5S2. The molecule has 2 atom stereocenters. The summed E-state index contributed by atoms with van der Waals surface area (Å²) in [6.45, 7) is 13.4. The van der Waals surface area contributed by atoms with Crippen LogP contribution in [0.5, 0.6) is 0 Å². The van der Waals surface area contributed by atoms with Crippen LogP contribution in [0, 0.1) is 0 Å². The predicted molar refractivity (Wildman–Crippen MR) is 162 cm³/mol. The molecule has 7 heteroatoms. The van der Waals surface area contributed by atoms with Crippen molar-refractivity contribution in [2.45, 2.75) is 140 Å². The Kier molecular flexibility index (Phi) is 16.4. The van der Waals surface area contributed by atoms with Gasteiger partial charge in [-0.3, -0.25) is 14.4 Å². The van der Waals surface area contributed by atoms with Crippen molar-refractivity contribution in [2.24, 2.45) is 0 Å². The summed E-state index contributed by atoms with van der Waals surface area (Å²) >= 11 is 2.56. The van der Waals surface area contributed by atoms with Crippen LogP contribution in [0.15, 0.2) is 35.8 Å². The quantitative estimate of drug-likeness (QED) is 0.107. The van der Waals surface area contributed by atoms with E-state index in [4.69, 9.17) is 4.74 Å². The zero-order chi connectivity index (χ0) is 28.6. The van der Waals surface area contributed by atoms with Crippen molar-refractivity contribution in [3.05, 3.63) is 35.8 Å². The Morgan fingerprint density at radius 1 is 0.895 bits per heavy atom. The number of rotatable bonds is 17. The Morgan fingerprint density at radius 2 is 1.39 bits per heavy atom. The molecule has 0 bridgehead atoms. The summed E-state index contributed by atoms with van der Waals surface area (Å²) < 4.78 is 4.42. The Balaban J connectivity index is 0.000000380. The second-order valence-electron chi connectivity index (χ2n) is 10.7. The van der Waals surface area contributed by atoms with Gasteiger partial charge in [-0.1, -0.05) is 120 Å². The van der Waals surface area contributed by atoms with Crippen molar-refractivity contribution in [3.8, 4) is 0 Å². The molecule has 0 aromatic carbocycles. The summed E-state index contributed by atoms with van der Waals surface area (Å²) in [6.07, 6.45) is 20.1. The molecule has 38 heavy (non-hydrogen) atoms. The standard InChI is InChI=1S/C16H26O2S.C15H24O3S/c1-4-6-7-8-9-10-12-16(3)14(17)13(11-5-2)15(18)19-16;1-4-5-6-7-8-9-10-15(3)13(18-12(2)16)11-14(17)19-15/h5,17H,2,4,6-12H2,1,3H3;11H,4-10H2,1-3H3/t16-;15-/m11/s1. The number of aliphatic hydroxyl groups is 1. The number of hydrogen-bond donors (Lipinski definition) is 1. The molecule has 2 rings (SSSR count). The zero-order valence-electron chi connectivity index (χ0n) is 24.4. The van der Waals surface area contributed by atoms with E-state index in [1.807, 2.05) is 13.8 Å². The summed E-state index contributed by atoms with van der Waals surface area (Å²) in [5.41, 5.74) is 0.550. The van der Waals surface area contributed by atoms with E-state index in [9.17, 15) is 19.5 Å². The first-order valence-electron chi connectivity index (χ1n) is 14.4. The molecule has 0 unspecified atom stereocenters. The first-order chi connectivity index (χ1) is 18.0. The van der Waals surface area contributed by atoms with E-state index in [1.165, 1.54) is 101 Å². The van der Waals surface area contributed by atoms with Gasteiger partial charge in [0.2, 0.25) is 10.2 Å². The van der Waals surface area contributed by atoms with Crippen LogP contribution in [-0.2, 0) is 19.1 Å². The first-order valence-corrected chi connectivity index (χ1v) is 16.1. The van der Waals surface area contributed by atoms with E-state index in [2.05, 4.69) is 20.4 Å². The lowest BCUT2D eigenvalue weighted by Gasteiger charge is -2.24. The lowest BCUT2D eigenvalue weighted by molar-refractivity contribution is -0.137. The van der Waals surface area contributed by atoms with Crippen LogP contribution in [0.2, 0.25) is 0 Å². The predicted octanol–water partition coefficient (Wildman–Crippen LogP) is 9.37. The van der Waals surface area contributed by atoms with Gasteiger partial charge in [0.05, 0.1) is 9.49 Å². The lowest BCUT2D eigenvalue weighted by atomic mass is 9.96. The molecule has 0 aliphatic carbocycles. The molecule has 0 fully saturated rings. The molecule has 2 aliphatic heterocycles. The number of aliphatic hydroxyl groups excluding tert-OH is 1. The van der Waals surface area contributed by atoms with Crippen molar-refractivity contribution >= 4 is 39.7 Å². The molecule has 5 nitrogen and oxygen atoms in total. The number of esters is 1. The first kappa shape index (κ1) is 34.6. The molecule has 0 spiro atoms. The van der Waals surface area contributed by atoms with Crippen molar-refractivity contribution < 1.29 is 24.2 Å². The third-order valence-electron chi connectivity index (χ3n) is 7.06. The Bertz CT molecular complexity index is 862. The monoisotopic (exact) mass is 566 g/mol. The Morgan fingerprint density at radius 3 is 1.89 bits per heavy atom. The fourth-order valence-electron chi connectivity index (χ4n) is 4.74. The minimum atomic E-state index is -0.403. The molecule has 0 aromatic rings. The number of carbonyl (C=O) groups is 3. The van der Waals surface area contributed by atoms with Crippen LogP contribution >= 0.6 is 23.5 Å². The van der Waals surface area contributed by atoms with Gasteiger partial charge in [0.25, 0.3) is 0 Å². The average molecular weight is 567 g/mol. The maximum absolute atomic E-state index is 11.9. The second kappa shape index (κ2) is 18.0. The SMILES string of the molecule is C=CCC1=C(O)[C@@](C)(CCCCCCCC)SC1=O.CCCCCCCC[C@@]1(C)SC(=O)C=C1OC(C)=O. The summed E-state index contributed by atoms with van der Waals surface area (Å²) in [5.74, 6) is 0.468. The van der Waals surface area contributed by atoms with E-state index in [-0.39, 0.29) is 26.7 Å². The van der Waals surface area contributed by atoms with Crippen LogP contribution in [0.4, 0.5) is 0 Å². The van der Waals surface area contributed by atoms with Gasteiger partial charge >= 0.3 is 5.97 Å². The van der Waals surface area contributed by atoms with Crippen LogP contribution in [-0.4, -0.2) is 30.8 Å². The number of ether oxygens (including phenoxy) is 1. The van der Waals surface area contributed by atoms with Crippen molar-refractivity contribution in [1.82, 2.24) is 0 Å². The highest BCUT2D eigenvalue weighted by atomic mass is 32.2. The minimum absolute atomic E-state index is 0.00951. The van der Waals surface area contributed by atoms with Crippen LogP contribution in [0.1, 0.15) is 131 Å². The minimum Gasteiger partial charge on any atom is -0.510 e. The van der Waals surface area contributed by atoms with Crippen molar-refractivity contribution in [2.75, 3.05) is 0 Å². The molecule has 2 heterocycles. The highest BCUT2D eigenvalue weighted by Crippen LogP contribution is 2.46. The molecule has 0 saturated heterocycles. The second-order valence-corrected chi connectivity index (χ2v) is 13.7. The van der Waals surface area contributed by atoms with Gasteiger partial charge in [0.1, 0.15) is 11.5 Å². The molecule has 2 aliphatic rings. The van der Waals surface area contributed by atoms with Crippen molar-refractivity contribution in [3.63, 3.8) is 0 Å². The van der Waals surface area contributed by atoms with Gasteiger partial charge in [-0.15, -0.1) is 6.58 Å². The highest BCUT2D eigenvalue weighted by molar-refractivity contribution is 8.16. The summed E-state index contributed by atoms with van der Waals surface area (Å²) in [6, 6.07) is 0. The van der Waals surface area contributed by atoms with E-state index in [1.54, 1.807) is 6.08 Å². The molecule has 0 amide bonds. The van der Waals surface area contributed by atoms with Crippen LogP contribution in [0.3, 0.4) is 0 Å². The molecular weight excluding hydrogens is 516 g/mol. The lowest BCUT2D eigenvalue weighted by Crippen LogP contribution is -2.23. The number of thioether (sulfide) groups is 2. The maximum atomic E-state index is 11.9. The summed E-state index contributed by atoms with van der Waals surface area (Å²) in [5, 5.41) is 10.3. The Labute approximate surface area is 239 Å². The van der Waals surface area contributed by atoms with Crippen molar-refractivity contribution in [1.29, 1.82) is 0 Å². The zero-order valence-corrected chi connectivity index (χ0v) is 26.0. The molecule has 0 saturated carbocycles. The van der Waals surface area contributed by atoms with Gasteiger partial charge in [0.15, 0.2) is 0 Å². The van der Waals surface area contributed by atoms with E-state index in [0.717, 1.165) is 25.7 Å². The fraction of sp³-hybridized carbons (Fsp3) is 0.710. The third kappa shape index (κ3) is 11.7.